The first-order valence-corrected chi connectivity index (χ1v) is 4.88. The fraction of sp³-hybridized carbons (Fsp3) is 0.625. The van der Waals surface area contributed by atoms with Gasteiger partial charge >= 0.3 is 0 Å². The topological polar surface area (TPSA) is 53.9 Å². The number of hydrogen-bond donors (Lipinski definition) is 1. The highest BCUT2D eigenvalue weighted by molar-refractivity contribution is 6.28. The first kappa shape index (κ1) is 9.45. The van der Waals surface area contributed by atoms with Crippen molar-refractivity contribution in [1.82, 2.24) is 15.0 Å². The average Bonchev–Trinajstić information content (AvgIpc) is 2.87. The summed E-state index contributed by atoms with van der Waals surface area (Å²) in [5.41, 5.74) is 0. The van der Waals surface area contributed by atoms with E-state index in [0.29, 0.717) is 17.9 Å². The Balaban J connectivity index is 2.21. The van der Waals surface area contributed by atoms with Gasteiger partial charge in [0, 0.05) is 20.1 Å². The molecule has 0 saturated heterocycles. The molecule has 0 bridgehead atoms. The molecule has 0 amide bonds. The molecule has 0 aromatic carbocycles. The Hall–Kier alpha value is -1.10. The molecule has 1 aromatic heterocycles. The second-order valence-electron chi connectivity index (χ2n) is 3.54. The first-order chi connectivity index (χ1) is 6.65. The van der Waals surface area contributed by atoms with Crippen LogP contribution in [0.3, 0.4) is 0 Å². The van der Waals surface area contributed by atoms with Gasteiger partial charge in [-0.15, -0.1) is 0 Å². The van der Waals surface area contributed by atoms with E-state index in [1.165, 1.54) is 12.8 Å². The van der Waals surface area contributed by atoms with Crippen molar-refractivity contribution in [3.63, 3.8) is 0 Å². The van der Waals surface area contributed by atoms with Crippen LogP contribution in [0, 0.1) is 0 Å². The zero-order valence-corrected chi connectivity index (χ0v) is 8.91. The average molecular weight is 214 g/mol. The molecule has 0 unspecified atom stereocenters. The lowest BCUT2D eigenvalue weighted by molar-refractivity contribution is 0.941. The molecule has 6 heteroatoms. The third-order valence-corrected chi connectivity index (χ3v) is 2.08. The maximum absolute atomic E-state index is 5.77. The van der Waals surface area contributed by atoms with E-state index in [4.69, 9.17) is 11.6 Å². The minimum Gasteiger partial charge on any atom is -0.351 e. The van der Waals surface area contributed by atoms with Gasteiger partial charge < -0.3 is 10.2 Å². The summed E-state index contributed by atoms with van der Waals surface area (Å²) in [6, 6.07) is 0.517. The van der Waals surface area contributed by atoms with Crippen LogP contribution in [0.15, 0.2) is 0 Å². The van der Waals surface area contributed by atoms with Gasteiger partial charge in [-0.1, -0.05) is 0 Å². The molecule has 1 aliphatic rings. The Morgan fingerprint density at radius 3 is 2.57 bits per heavy atom. The second kappa shape index (κ2) is 3.57. The van der Waals surface area contributed by atoms with Crippen LogP contribution in [-0.2, 0) is 0 Å². The number of halogens is 1. The Labute approximate surface area is 87.5 Å². The molecule has 2 rings (SSSR count). The van der Waals surface area contributed by atoms with Gasteiger partial charge in [0.1, 0.15) is 0 Å². The Bertz CT molecular complexity index is 337. The highest BCUT2D eigenvalue weighted by Gasteiger charge is 2.22. The van der Waals surface area contributed by atoms with Crippen LogP contribution in [0.4, 0.5) is 11.9 Å². The van der Waals surface area contributed by atoms with Crippen LogP contribution in [-0.4, -0.2) is 35.1 Å². The van der Waals surface area contributed by atoms with Crippen LogP contribution in [0.2, 0.25) is 5.28 Å². The van der Waals surface area contributed by atoms with Crippen molar-refractivity contribution in [1.29, 1.82) is 0 Å². The summed E-state index contributed by atoms with van der Waals surface area (Å²) in [7, 11) is 3.74. The summed E-state index contributed by atoms with van der Waals surface area (Å²) >= 11 is 5.77. The predicted molar refractivity (Wildman–Crippen MR) is 55.8 cm³/mol. The number of nitrogens with one attached hydrogen (secondary N) is 1. The molecular weight excluding hydrogens is 202 g/mol. The monoisotopic (exact) mass is 213 g/mol. The standard InChI is InChI=1S/C8H12ClN5/c1-14(2)8-12-6(9)11-7(13-8)10-5-3-4-5/h5H,3-4H2,1-2H3,(H,10,11,12,13). The number of anilines is 2. The predicted octanol–water partition coefficient (Wildman–Crippen LogP) is 1.17. The van der Waals surface area contributed by atoms with E-state index in [-0.39, 0.29) is 5.28 Å². The minimum atomic E-state index is 0.229. The molecule has 1 heterocycles. The van der Waals surface area contributed by atoms with Crippen molar-refractivity contribution < 1.29 is 0 Å². The summed E-state index contributed by atoms with van der Waals surface area (Å²) in [4.78, 5) is 14.0. The van der Waals surface area contributed by atoms with E-state index in [1.807, 2.05) is 14.1 Å². The van der Waals surface area contributed by atoms with E-state index in [1.54, 1.807) is 4.90 Å². The largest absolute Gasteiger partial charge is 0.351 e. The molecule has 1 N–H and O–H groups in total. The molecule has 0 radical (unpaired) electrons. The van der Waals surface area contributed by atoms with Crippen LogP contribution < -0.4 is 10.2 Å². The molecule has 0 atom stereocenters. The van der Waals surface area contributed by atoms with Crippen molar-refractivity contribution in [3.8, 4) is 0 Å². The summed E-state index contributed by atoms with van der Waals surface area (Å²) in [6.07, 6.45) is 2.36. The Kier molecular flexibility index (Phi) is 2.41. The van der Waals surface area contributed by atoms with Crippen molar-refractivity contribution in [2.45, 2.75) is 18.9 Å². The van der Waals surface area contributed by atoms with E-state index in [2.05, 4.69) is 20.3 Å². The smallest absolute Gasteiger partial charge is 0.230 e. The second-order valence-corrected chi connectivity index (χ2v) is 3.88. The lowest BCUT2D eigenvalue weighted by atomic mass is 10.7. The minimum absolute atomic E-state index is 0.229. The summed E-state index contributed by atoms with van der Waals surface area (Å²) in [5.74, 6) is 1.14. The number of aromatic nitrogens is 3. The van der Waals surface area contributed by atoms with Crippen LogP contribution in [0.25, 0.3) is 0 Å². The van der Waals surface area contributed by atoms with Gasteiger partial charge in [-0.2, -0.15) is 15.0 Å². The van der Waals surface area contributed by atoms with Crippen molar-refractivity contribution >= 4 is 23.5 Å². The van der Waals surface area contributed by atoms with Crippen molar-refractivity contribution in [2.24, 2.45) is 0 Å². The van der Waals surface area contributed by atoms with Crippen LogP contribution in [0.5, 0.6) is 0 Å². The normalized spacial score (nSPS) is 15.4. The van der Waals surface area contributed by atoms with Gasteiger partial charge in [-0.3, -0.25) is 0 Å². The van der Waals surface area contributed by atoms with Gasteiger partial charge in [0.2, 0.25) is 17.2 Å². The van der Waals surface area contributed by atoms with Gasteiger partial charge in [-0.05, 0) is 24.4 Å². The van der Waals surface area contributed by atoms with Gasteiger partial charge in [0.25, 0.3) is 0 Å². The van der Waals surface area contributed by atoms with Gasteiger partial charge in [-0.25, -0.2) is 0 Å². The molecule has 1 aliphatic carbocycles. The number of rotatable bonds is 3. The molecule has 1 aromatic rings. The molecule has 1 saturated carbocycles. The number of nitrogens with zero attached hydrogens (tertiary/aromatic N) is 4. The van der Waals surface area contributed by atoms with E-state index < -0.39 is 0 Å². The number of hydrogen-bond acceptors (Lipinski definition) is 5. The van der Waals surface area contributed by atoms with Gasteiger partial charge in [0.15, 0.2) is 0 Å². The Morgan fingerprint density at radius 1 is 1.29 bits per heavy atom. The summed E-state index contributed by atoms with van der Waals surface area (Å²) in [5, 5.41) is 3.41. The third-order valence-electron chi connectivity index (χ3n) is 1.91. The SMILES string of the molecule is CN(C)c1nc(Cl)nc(NC2CC2)n1. The highest BCUT2D eigenvalue weighted by atomic mass is 35.5. The Morgan fingerprint density at radius 2 is 2.00 bits per heavy atom. The van der Waals surface area contributed by atoms with Crippen LogP contribution in [0.1, 0.15) is 12.8 Å². The van der Waals surface area contributed by atoms with E-state index >= 15 is 0 Å². The maximum atomic E-state index is 5.77. The lowest BCUT2D eigenvalue weighted by Crippen LogP contribution is -2.15. The summed E-state index contributed by atoms with van der Waals surface area (Å²) < 4.78 is 0. The maximum Gasteiger partial charge on any atom is 0.230 e. The lowest BCUT2D eigenvalue weighted by Gasteiger charge is -2.11. The highest BCUT2D eigenvalue weighted by Crippen LogP contribution is 2.23. The molecule has 0 aliphatic heterocycles. The molecule has 14 heavy (non-hydrogen) atoms. The molecule has 76 valence electrons. The zero-order chi connectivity index (χ0) is 10.1. The van der Waals surface area contributed by atoms with Crippen molar-refractivity contribution in [3.05, 3.63) is 5.28 Å². The van der Waals surface area contributed by atoms with E-state index in [9.17, 15) is 0 Å². The third kappa shape index (κ3) is 2.23. The van der Waals surface area contributed by atoms with Crippen LogP contribution >= 0.6 is 11.6 Å². The molecule has 1 fully saturated rings. The fourth-order valence-electron chi connectivity index (χ4n) is 1.01. The van der Waals surface area contributed by atoms with E-state index in [0.717, 1.165) is 0 Å². The molecule has 5 nitrogen and oxygen atoms in total. The molecule has 0 spiro atoms. The van der Waals surface area contributed by atoms with Crippen molar-refractivity contribution in [2.75, 3.05) is 24.3 Å². The summed E-state index contributed by atoms with van der Waals surface area (Å²) in [6.45, 7) is 0. The fourth-order valence-corrected chi connectivity index (χ4v) is 1.17. The first-order valence-electron chi connectivity index (χ1n) is 4.50. The quantitative estimate of drug-likeness (QED) is 0.817. The zero-order valence-electron chi connectivity index (χ0n) is 8.16. The van der Waals surface area contributed by atoms with Gasteiger partial charge in [0.05, 0.1) is 0 Å². The molecular formula is C8H12ClN5.